The van der Waals surface area contributed by atoms with Crippen molar-refractivity contribution in [2.24, 2.45) is 5.92 Å². The van der Waals surface area contributed by atoms with Crippen molar-refractivity contribution >= 4 is 11.6 Å². The van der Waals surface area contributed by atoms with Gasteiger partial charge < -0.3 is 15.0 Å². The van der Waals surface area contributed by atoms with Crippen LogP contribution in [0, 0.1) is 26.7 Å². The number of nitrogens with zero attached hydrogens (tertiary/aromatic N) is 1. The van der Waals surface area contributed by atoms with Gasteiger partial charge in [0, 0.05) is 18.8 Å². The summed E-state index contributed by atoms with van der Waals surface area (Å²) < 4.78 is 5.79. The Bertz CT molecular complexity index is 845. The smallest absolute Gasteiger partial charge is 0.258 e. The number of aryl methyl sites for hydroxylation is 2. The summed E-state index contributed by atoms with van der Waals surface area (Å²) in [5, 5.41) is 3.04. The zero-order chi connectivity index (χ0) is 21.0. The molecule has 156 valence electrons. The van der Waals surface area contributed by atoms with Crippen molar-refractivity contribution in [3.63, 3.8) is 0 Å². The second-order valence-electron chi connectivity index (χ2n) is 8.57. The molecular formula is C25H34N2O2. The van der Waals surface area contributed by atoms with Gasteiger partial charge in [0.05, 0.1) is 6.04 Å². The zero-order valence-corrected chi connectivity index (χ0v) is 18.4. The van der Waals surface area contributed by atoms with E-state index >= 15 is 0 Å². The normalized spacial score (nSPS) is 17.7. The highest BCUT2D eigenvalue weighted by Crippen LogP contribution is 2.25. The molecule has 1 fully saturated rings. The molecule has 29 heavy (non-hydrogen) atoms. The highest BCUT2D eigenvalue weighted by Gasteiger charge is 2.17. The van der Waals surface area contributed by atoms with Crippen LogP contribution < -0.4 is 15.0 Å². The van der Waals surface area contributed by atoms with Gasteiger partial charge in [-0.2, -0.15) is 0 Å². The van der Waals surface area contributed by atoms with Crippen LogP contribution in [0.4, 0.5) is 5.69 Å². The van der Waals surface area contributed by atoms with Crippen LogP contribution in [0.25, 0.3) is 0 Å². The van der Waals surface area contributed by atoms with E-state index in [-0.39, 0.29) is 18.6 Å². The third kappa shape index (κ3) is 5.53. The molecule has 1 amide bonds. The average Bonchev–Trinajstić information content (AvgIpc) is 2.69. The minimum atomic E-state index is -0.106. The lowest BCUT2D eigenvalue weighted by atomic mass is 9.99. The minimum absolute atomic E-state index is 0.0256. The van der Waals surface area contributed by atoms with E-state index in [1.807, 2.05) is 26.8 Å². The van der Waals surface area contributed by atoms with Crippen LogP contribution in [-0.2, 0) is 4.79 Å². The third-order valence-electron chi connectivity index (χ3n) is 5.92. The second kappa shape index (κ2) is 9.34. The van der Waals surface area contributed by atoms with Crippen LogP contribution in [0.15, 0.2) is 36.4 Å². The van der Waals surface area contributed by atoms with Gasteiger partial charge in [0.2, 0.25) is 0 Å². The number of piperidine rings is 1. The van der Waals surface area contributed by atoms with E-state index < -0.39 is 0 Å². The van der Waals surface area contributed by atoms with Crippen molar-refractivity contribution in [1.82, 2.24) is 5.32 Å². The maximum Gasteiger partial charge on any atom is 0.258 e. The highest BCUT2D eigenvalue weighted by molar-refractivity contribution is 5.78. The molecule has 0 aliphatic carbocycles. The summed E-state index contributed by atoms with van der Waals surface area (Å²) in [5.41, 5.74) is 5.78. The van der Waals surface area contributed by atoms with Gasteiger partial charge in [-0.1, -0.05) is 25.1 Å². The monoisotopic (exact) mass is 394 g/mol. The summed E-state index contributed by atoms with van der Waals surface area (Å²) >= 11 is 0. The molecule has 1 aliphatic heterocycles. The SMILES string of the molecule is Cc1cc(C)c(C)c(OCC(=O)NC(C)c2ccc(N3CCCC(C)C3)cc2)c1. The number of amides is 1. The maximum atomic E-state index is 12.4. The molecule has 2 atom stereocenters. The fourth-order valence-corrected chi connectivity index (χ4v) is 4.06. The molecule has 0 saturated carbocycles. The lowest BCUT2D eigenvalue weighted by Crippen LogP contribution is -2.34. The van der Waals surface area contributed by atoms with Crippen molar-refractivity contribution in [3.8, 4) is 5.75 Å². The number of hydrogen-bond donors (Lipinski definition) is 1. The zero-order valence-electron chi connectivity index (χ0n) is 18.4. The van der Waals surface area contributed by atoms with Gasteiger partial charge in [-0.05, 0) is 86.9 Å². The predicted molar refractivity (Wildman–Crippen MR) is 120 cm³/mol. The summed E-state index contributed by atoms with van der Waals surface area (Å²) in [4.78, 5) is 14.8. The number of carbonyl (C=O) groups excluding carboxylic acids is 1. The van der Waals surface area contributed by atoms with Crippen LogP contribution in [-0.4, -0.2) is 25.6 Å². The summed E-state index contributed by atoms with van der Waals surface area (Å²) in [7, 11) is 0. The number of nitrogens with one attached hydrogen (secondary N) is 1. The number of ether oxygens (including phenoxy) is 1. The van der Waals surface area contributed by atoms with E-state index in [2.05, 4.69) is 54.4 Å². The maximum absolute atomic E-state index is 12.4. The van der Waals surface area contributed by atoms with Gasteiger partial charge in [-0.3, -0.25) is 4.79 Å². The van der Waals surface area contributed by atoms with E-state index in [4.69, 9.17) is 4.74 Å². The van der Waals surface area contributed by atoms with E-state index in [1.54, 1.807) is 0 Å². The third-order valence-corrected chi connectivity index (χ3v) is 5.92. The molecule has 2 aromatic carbocycles. The quantitative estimate of drug-likeness (QED) is 0.741. The highest BCUT2D eigenvalue weighted by atomic mass is 16.5. The first-order chi connectivity index (χ1) is 13.8. The van der Waals surface area contributed by atoms with Crippen molar-refractivity contribution in [2.45, 2.75) is 53.5 Å². The van der Waals surface area contributed by atoms with Crippen molar-refractivity contribution in [3.05, 3.63) is 58.7 Å². The predicted octanol–water partition coefficient (Wildman–Crippen LogP) is 5.10. The van der Waals surface area contributed by atoms with Crippen molar-refractivity contribution < 1.29 is 9.53 Å². The molecule has 0 spiro atoms. The Morgan fingerprint density at radius 2 is 1.93 bits per heavy atom. The molecule has 2 unspecified atom stereocenters. The number of carbonyl (C=O) groups is 1. The van der Waals surface area contributed by atoms with Crippen LogP contribution >= 0.6 is 0 Å². The van der Waals surface area contributed by atoms with Crippen LogP contribution in [0.5, 0.6) is 5.75 Å². The molecule has 1 saturated heterocycles. The fraction of sp³-hybridized carbons (Fsp3) is 0.480. The molecule has 4 nitrogen and oxygen atoms in total. The summed E-state index contributed by atoms with van der Waals surface area (Å²) in [6.07, 6.45) is 2.58. The standard InChI is InChI=1S/C25H34N2O2/c1-17-7-6-12-27(15-17)23-10-8-22(9-11-23)21(5)26-25(28)16-29-24-14-18(2)13-19(3)20(24)4/h8-11,13-14,17,21H,6-7,12,15-16H2,1-5H3,(H,26,28). The first-order valence-electron chi connectivity index (χ1n) is 10.7. The average molecular weight is 395 g/mol. The van der Waals surface area contributed by atoms with E-state index in [1.165, 1.54) is 24.1 Å². The first kappa shape index (κ1) is 21.2. The second-order valence-corrected chi connectivity index (χ2v) is 8.57. The molecule has 0 bridgehead atoms. The number of hydrogen-bond acceptors (Lipinski definition) is 3. The number of rotatable bonds is 6. The van der Waals surface area contributed by atoms with Gasteiger partial charge >= 0.3 is 0 Å². The number of benzene rings is 2. The molecule has 0 aromatic heterocycles. The Morgan fingerprint density at radius 3 is 2.62 bits per heavy atom. The van der Waals surface area contributed by atoms with Crippen LogP contribution in [0.2, 0.25) is 0 Å². The van der Waals surface area contributed by atoms with Gasteiger partial charge in [0.25, 0.3) is 5.91 Å². The molecule has 1 N–H and O–H groups in total. The van der Waals surface area contributed by atoms with Gasteiger partial charge in [0.1, 0.15) is 5.75 Å². The fourth-order valence-electron chi connectivity index (χ4n) is 4.06. The van der Waals surface area contributed by atoms with E-state index in [0.29, 0.717) is 0 Å². The molecule has 3 rings (SSSR count). The Kier molecular flexibility index (Phi) is 6.83. The Morgan fingerprint density at radius 1 is 1.21 bits per heavy atom. The molecule has 1 aliphatic rings. The molecule has 4 heteroatoms. The minimum Gasteiger partial charge on any atom is -0.483 e. The summed E-state index contributed by atoms with van der Waals surface area (Å²) in [5.74, 6) is 1.43. The van der Waals surface area contributed by atoms with Crippen molar-refractivity contribution in [1.29, 1.82) is 0 Å². The van der Waals surface area contributed by atoms with E-state index in [9.17, 15) is 4.79 Å². The van der Waals surface area contributed by atoms with Gasteiger partial charge in [-0.25, -0.2) is 0 Å². The van der Waals surface area contributed by atoms with Crippen molar-refractivity contribution in [2.75, 3.05) is 24.6 Å². The number of anilines is 1. The van der Waals surface area contributed by atoms with Crippen LogP contribution in [0.3, 0.4) is 0 Å². The first-order valence-corrected chi connectivity index (χ1v) is 10.7. The van der Waals surface area contributed by atoms with Gasteiger partial charge in [0.15, 0.2) is 6.61 Å². The van der Waals surface area contributed by atoms with E-state index in [0.717, 1.165) is 41.4 Å². The largest absolute Gasteiger partial charge is 0.483 e. The van der Waals surface area contributed by atoms with Crippen LogP contribution in [0.1, 0.15) is 55.0 Å². The Hall–Kier alpha value is -2.49. The summed E-state index contributed by atoms with van der Waals surface area (Å²) in [6.45, 7) is 12.7. The molecule has 0 radical (unpaired) electrons. The summed E-state index contributed by atoms with van der Waals surface area (Å²) in [6, 6.07) is 12.6. The molecule has 1 heterocycles. The molecule has 2 aromatic rings. The Labute approximate surface area is 175 Å². The Balaban J connectivity index is 1.54. The topological polar surface area (TPSA) is 41.6 Å². The van der Waals surface area contributed by atoms with Gasteiger partial charge in [-0.15, -0.1) is 0 Å². The lowest BCUT2D eigenvalue weighted by Gasteiger charge is -2.33. The lowest BCUT2D eigenvalue weighted by molar-refractivity contribution is -0.123. The molecular weight excluding hydrogens is 360 g/mol.